The summed E-state index contributed by atoms with van der Waals surface area (Å²) in [7, 11) is 4.46. The molecule has 1 heterocycles. The molecule has 0 aromatic heterocycles. The molecule has 1 N–H and O–H groups in total. The van der Waals surface area contributed by atoms with Crippen LogP contribution < -0.4 is 19.5 Å². The summed E-state index contributed by atoms with van der Waals surface area (Å²) in [5.74, 6) is -0.0233. The van der Waals surface area contributed by atoms with Crippen LogP contribution in [0.1, 0.15) is 31.2 Å². The normalized spacial score (nSPS) is 19.4. The Bertz CT molecular complexity index is 811. The molecule has 1 aliphatic heterocycles. The van der Waals surface area contributed by atoms with Crippen molar-refractivity contribution in [3.63, 3.8) is 0 Å². The summed E-state index contributed by atoms with van der Waals surface area (Å²) < 4.78 is 15.9. The van der Waals surface area contributed by atoms with Crippen molar-refractivity contribution in [2.75, 3.05) is 21.3 Å². The van der Waals surface area contributed by atoms with Gasteiger partial charge in [-0.05, 0) is 25.0 Å². The lowest BCUT2D eigenvalue weighted by Gasteiger charge is -2.31. The summed E-state index contributed by atoms with van der Waals surface area (Å²) in [4.78, 5) is 38.6. The number of benzene rings is 1. The standard InChI is InChI=1S/C19H22N2O6/c1-25-14-10-16(27-3)15(26-2)9-11(14)8-13-17(22)20-19(24)21(18(13)23)12-6-4-5-7-12/h8-10,12H,4-7H2,1-3H3,(H,20,22,24). The maximum absolute atomic E-state index is 12.9. The summed E-state index contributed by atoms with van der Waals surface area (Å²) >= 11 is 0. The zero-order valence-electron chi connectivity index (χ0n) is 15.5. The van der Waals surface area contributed by atoms with Crippen molar-refractivity contribution in [1.29, 1.82) is 0 Å². The molecule has 0 atom stereocenters. The second-order valence-corrected chi connectivity index (χ2v) is 6.38. The third-order valence-corrected chi connectivity index (χ3v) is 4.86. The van der Waals surface area contributed by atoms with Gasteiger partial charge < -0.3 is 14.2 Å². The summed E-state index contributed by atoms with van der Waals surface area (Å²) in [6, 6.07) is 2.38. The molecule has 27 heavy (non-hydrogen) atoms. The Balaban J connectivity index is 2.03. The van der Waals surface area contributed by atoms with Crippen LogP contribution in [-0.2, 0) is 9.59 Å². The lowest BCUT2D eigenvalue weighted by Crippen LogP contribution is -2.57. The Morgan fingerprint density at radius 2 is 1.56 bits per heavy atom. The van der Waals surface area contributed by atoms with E-state index in [-0.39, 0.29) is 11.6 Å². The molecule has 8 nitrogen and oxygen atoms in total. The van der Waals surface area contributed by atoms with Gasteiger partial charge in [0.15, 0.2) is 11.5 Å². The Hall–Kier alpha value is -3.03. The van der Waals surface area contributed by atoms with Crippen molar-refractivity contribution >= 4 is 23.9 Å². The van der Waals surface area contributed by atoms with Crippen LogP contribution in [0.3, 0.4) is 0 Å². The Morgan fingerprint density at radius 3 is 2.15 bits per heavy atom. The van der Waals surface area contributed by atoms with E-state index in [0.717, 1.165) is 30.6 Å². The van der Waals surface area contributed by atoms with E-state index in [9.17, 15) is 14.4 Å². The molecule has 0 unspecified atom stereocenters. The van der Waals surface area contributed by atoms with Gasteiger partial charge in [0.05, 0.1) is 21.3 Å². The van der Waals surface area contributed by atoms with E-state index in [1.807, 2.05) is 0 Å². The van der Waals surface area contributed by atoms with Crippen molar-refractivity contribution in [1.82, 2.24) is 10.2 Å². The third-order valence-electron chi connectivity index (χ3n) is 4.86. The predicted molar refractivity (Wildman–Crippen MR) is 96.7 cm³/mol. The molecular formula is C19H22N2O6. The summed E-state index contributed by atoms with van der Waals surface area (Å²) in [6.45, 7) is 0. The number of amides is 4. The Labute approximate surface area is 157 Å². The van der Waals surface area contributed by atoms with Gasteiger partial charge in [0, 0.05) is 17.7 Å². The molecule has 0 radical (unpaired) electrons. The summed E-state index contributed by atoms with van der Waals surface area (Å²) in [5.41, 5.74) is 0.349. The van der Waals surface area contributed by atoms with E-state index in [1.165, 1.54) is 27.4 Å². The van der Waals surface area contributed by atoms with E-state index in [4.69, 9.17) is 14.2 Å². The molecule has 1 aromatic rings. The van der Waals surface area contributed by atoms with E-state index in [1.54, 1.807) is 12.1 Å². The van der Waals surface area contributed by atoms with Crippen molar-refractivity contribution in [3.05, 3.63) is 23.3 Å². The number of carbonyl (C=O) groups excluding carboxylic acids is 3. The number of hydrogen-bond acceptors (Lipinski definition) is 6. The number of carbonyl (C=O) groups is 3. The van der Waals surface area contributed by atoms with Gasteiger partial charge in [-0.2, -0.15) is 0 Å². The van der Waals surface area contributed by atoms with Crippen LogP contribution in [0.15, 0.2) is 17.7 Å². The number of nitrogens with zero attached hydrogens (tertiary/aromatic N) is 1. The second-order valence-electron chi connectivity index (χ2n) is 6.38. The van der Waals surface area contributed by atoms with Crippen molar-refractivity contribution in [3.8, 4) is 17.2 Å². The molecule has 4 amide bonds. The first-order chi connectivity index (χ1) is 13.0. The molecule has 1 aromatic carbocycles. The number of methoxy groups -OCH3 is 3. The minimum absolute atomic E-state index is 0.119. The molecular weight excluding hydrogens is 352 g/mol. The summed E-state index contributed by atoms with van der Waals surface area (Å²) in [6.07, 6.45) is 4.82. The van der Waals surface area contributed by atoms with Crippen molar-refractivity contribution < 1.29 is 28.6 Å². The van der Waals surface area contributed by atoms with Gasteiger partial charge in [0.1, 0.15) is 11.3 Å². The zero-order valence-corrected chi connectivity index (χ0v) is 15.5. The highest BCUT2D eigenvalue weighted by Gasteiger charge is 2.40. The van der Waals surface area contributed by atoms with Gasteiger partial charge in [0.25, 0.3) is 11.8 Å². The van der Waals surface area contributed by atoms with Crippen LogP contribution in [0.25, 0.3) is 6.08 Å². The third kappa shape index (κ3) is 3.47. The molecule has 0 spiro atoms. The number of imide groups is 2. The van der Waals surface area contributed by atoms with E-state index in [0.29, 0.717) is 22.8 Å². The highest BCUT2D eigenvalue weighted by molar-refractivity contribution is 6.31. The minimum Gasteiger partial charge on any atom is -0.496 e. The summed E-state index contributed by atoms with van der Waals surface area (Å²) in [5, 5.41) is 2.26. The number of rotatable bonds is 5. The fourth-order valence-corrected chi connectivity index (χ4v) is 3.49. The van der Waals surface area contributed by atoms with Crippen LogP contribution in [0.5, 0.6) is 17.2 Å². The number of nitrogens with one attached hydrogen (secondary N) is 1. The number of barbiturate groups is 1. The van der Waals surface area contributed by atoms with Gasteiger partial charge in [-0.3, -0.25) is 19.8 Å². The van der Waals surface area contributed by atoms with Crippen LogP contribution in [0.2, 0.25) is 0 Å². The lowest BCUT2D eigenvalue weighted by molar-refractivity contribution is -0.131. The van der Waals surface area contributed by atoms with Crippen molar-refractivity contribution in [2.24, 2.45) is 0 Å². The fraction of sp³-hybridized carbons (Fsp3) is 0.421. The van der Waals surface area contributed by atoms with E-state index in [2.05, 4.69) is 5.32 Å². The highest BCUT2D eigenvalue weighted by atomic mass is 16.5. The number of hydrogen-bond donors (Lipinski definition) is 1. The number of urea groups is 1. The first-order valence-electron chi connectivity index (χ1n) is 8.70. The average Bonchev–Trinajstić information content (AvgIpc) is 3.18. The maximum atomic E-state index is 12.9. The molecule has 2 fully saturated rings. The van der Waals surface area contributed by atoms with Crippen LogP contribution in [0, 0.1) is 0 Å². The van der Waals surface area contributed by atoms with Gasteiger partial charge in [-0.1, -0.05) is 12.8 Å². The smallest absolute Gasteiger partial charge is 0.331 e. The average molecular weight is 374 g/mol. The largest absolute Gasteiger partial charge is 0.496 e. The van der Waals surface area contributed by atoms with Gasteiger partial charge >= 0.3 is 6.03 Å². The first kappa shape index (κ1) is 18.8. The fourth-order valence-electron chi connectivity index (χ4n) is 3.49. The minimum atomic E-state index is -0.726. The molecule has 1 saturated carbocycles. The SMILES string of the molecule is COc1cc(OC)c(OC)cc1C=C1C(=O)NC(=O)N(C2CCCC2)C1=O. The second kappa shape index (κ2) is 7.69. The molecule has 144 valence electrons. The van der Waals surface area contributed by atoms with Crippen LogP contribution in [-0.4, -0.2) is 50.1 Å². The quantitative estimate of drug-likeness (QED) is 0.627. The van der Waals surface area contributed by atoms with Crippen LogP contribution in [0.4, 0.5) is 4.79 Å². The van der Waals surface area contributed by atoms with Crippen molar-refractivity contribution in [2.45, 2.75) is 31.7 Å². The van der Waals surface area contributed by atoms with Gasteiger partial charge in [0.2, 0.25) is 0 Å². The topological polar surface area (TPSA) is 94.2 Å². The first-order valence-corrected chi connectivity index (χ1v) is 8.70. The zero-order chi connectivity index (χ0) is 19.6. The molecule has 2 aliphatic rings. The molecule has 1 saturated heterocycles. The van der Waals surface area contributed by atoms with Gasteiger partial charge in [-0.15, -0.1) is 0 Å². The molecule has 1 aliphatic carbocycles. The Morgan fingerprint density at radius 1 is 0.963 bits per heavy atom. The Kier molecular flexibility index (Phi) is 5.34. The molecule has 0 bridgehead atoms. The lowest BCUT2D eigenvalue weighted by atomic mass is 10.0. The van der Waals surface area contributed by atoms with Gasteiger partial charge in [-0.25, -0.2) is 4.79 Å². The van der Waals surface area contributed by atoms with E-state index >= 15 is 0 Å². The maximum Gasteiger partial charge on any atom is 0.331 e. The number of ether oxygens (including phenoxy) is 3. The monoisotopic (exact) mass is 374 g/mol. The molecule has 3 rings (SSSR count). The predicted octanol–water partition coefficient (Wildman–Crippen LogP) is 2.12. The highest BCUT2D eigenvalue weighted by Crippen LogP contribution is 2.36. The van der Waals surface area contributed by atoms with Crippen LogP contribution >= 0.6 is 0 Å². The molecule has 8 heteroatoms. The van der Waals surface area contributed by atoms with E-state index < -0.39 is 17.8 Å².